The standard InChI is InChI=1S/C65H106O6/c1-4-7-10-13-16-19-21-22-23-24-25-26-27-28-29-30-31-32-33-34-35-36-37-38-39-40-41-42-43-44-45-47-49-52-55-58-64(67)70-61-62(60-69-63(66)57-54-51-48-18-15-12-9-6-3)71-65(68)59-56-53-50-46-20-17-14-11-8-5-2/h7,10,16,19,22-23,25-26,28-29,31-32,34-35,37-38,40-41,43-44,62H,4-6,8-9,11-15,17-18,20-21,24,27,30,33,36,39,42,45-61H2,1-3H3/b10-7-,19-16-,23-22-,26-25-,29-28-,32-31-,35-34-,38-37-,41-40-,44-43-. The molecule has 1 unspecified atom stereocenters. The first-order valence-corrected chi connectivity index (χ1v) is 29.0. The van der Waals surface area contributed by atoms with Gasteiger partial charge in [0, 0.05) is 19.3 Å². The Morgan fingerprint density at radius 2 is 0.549 bits per heavy atom. The van der Waals surface area contributed by atoms with Gasteiger partial charge in [0.25, 0.3) is 0 Å². The Kier molecular flexibility index (Phi) is 54.9. The summed E-state index contributed by atoms with van der Waals surface area (Å²) in [6.45, 7) is 6.45. The van der Waals surface area contributed by atoms with E-state index in [0.29, 0.717) is 19.3 Å². The van der Waals surface area contributed by atoms with E-state index in [1.807, 2.05) is 0 Å². The van der Waals surface area contributed by atoms with Crippen molar-refractivity contribution in [1.82, 2.24) is 0 Å². The number of esters is 3. The molecule has 1 atom stereocenters. The maximum atomic E-state index is 12.7. The zero-order valence-corrected chi connectivity index (χ0v) is 45.9. The van der Waals surface area contributed by atoms with Crippen molar-refractivity contribution >= 4 is 17.9 Å². The highest BCUT2D eigenvalue weighted by Crippen LogP contribution is 2.14. The molecule has 0 N–H and O–H groups in total. The lowest BCUT2D eigenvalue weighted by Crippen LogP contribution is -2.30. The summed E-state index contributed by atoms with van der Waals surface area (Å²) in [5, 5.41) is 0. The van der Waals surface area contributed by atoms with E-state index in [9.17, 15) is 14.4 Å². The third kappa shape index (κ3) is 56.6. The molecule has 0 spiro atoms. The van der Waals surface area contributed by atoms with Crippen molar-refractivity contribution in [2.75, 3.05) is 13.2 Å². The second-order valence-corrected chi connectivity index (χ2v) is 18.8. The number of unbranched alkanes of at least 4 members (excludes halogenated alkanes) is 20. The van der Waals surface area contributed by atoms with E-state index >= 15 is 0 Å². The van der Waals surface area contributed by atoms with Gasteiger partial charge in [-0.1, -0.05) is 258 Å². The van der Waals surface area contributed by atoms with Gasteiger partial charge in [0.1, 0.15) is 13.2 Å². The summed E-state index contributed by atoms with van der Waals surface area (Å²) in [5.41, 5.74) is 0. The summed E-state index contributed by atoms with van der Waals surface area (Å²) < 4.78 is 16.7. The van der Waals surface area contributed by atoms with Crippen LogP contribution in [0.1, 0.15) is 252 Å². The highest BCUT2D eigenvalue weighted by Gasteiger charge is 2.19. The number of ether oxygens (including phenoxy) is 3. The molecule has 0 radical (unpaired) electrons. The predicted molar refractivity (Wildman–Crippen MR) is 306 cm³/mol. The lowest BCUT2D eigenvalue weighted by molar-refractivity contribution is -0.167. The van der Waals surface area contributed by atoms with Crippen LogP contribution in [0.2, 0.25) is 0 Å². The average molecular weight is 984 g/mol. The fraction of sp³-hybridized carbons (Fsp3) is 0.646. The van der Waals surface area contributed by atoms with Crippen LogP contribution in [0.25, 0.3) is 0 Å². The van der Waals surface area contributed by atoms with E-state index in [0.717, 1.165) is 135 Å². The number of hydrogen-bond donors (Lipinski definition) is 0. The van der Waals surface area contributed by atoms with E-state index in [2.05, 4.69) is 142 Å². The molecule has 0 aromatic rings. The topological polar surface area (TPSA) is 78.9 Å². The number of allylic oxidation sites excluding steroid dienone is 20. The van der Waals surface area contributed by atoms with Gasteiger partial charge in [-0.2, -0.15) is 0 Å². The van der Waals surface area contributed by atoms with Crippen molar-refractivity contribution < 1.29 is 28.6 Å². The molecule has 0 rings (SSSR count). The quantitative estimate of drug-likeness (QED) is 0.0261. The number of carbonyl (C=O) groups excluding carboxylic acids is 3. The van der Waals surface area contributed by atoms with E-state index < -0.39 is 6.10 Å². The fourth-order valence-corrected chi connectivity index (χ4v) is 7.65. The summed E-state index contributed by atoms with van der Waals surface area (Å²) in [7, 11) is 0. The Labute approximate surface area is 437 Å². The maximum absolute atomic E-state index is 12.7. The van der Waals surface area contributed by atoms with Crippen LogP contribution in [0.3, 0.4) is 0 Å². The van der Waals surface area contributed by atoms with Crippen molar-refractivity contribution in [3.8, 4) is 0 Å². The van der Waals surface area contributed by atoms with Crippen LogP contribution in [-0.2, 0) is 28.6 Å². The Hall–Kier alpha value is -4.19. The molecule has 71 heavy (non-hydrogen) atoms. The van der Waals surface area contributed by atoms with Gasteiger partial charge < -0.3 is 14.2 Å². The first-order chi connectivity index (χ1) is 35.0. The molecule has 6 heteroatoms. The fourth-order valence-electron chi connectivity index (χ4n) is 7.65. The third-order valence-electron chi connectivity index (χ3n) is 12.0. The summed E-state index contributed by atoms with van der Waals surface area (Å²) in [4.78, 5) is 37.8. The summed E-state index contributed by atoms with van der Waals surface area (Å²) in [6.07, 6.45) is 80.8. The Morgan fingerprint density at radius 3 is 0.859 bits per heavy atom. The SMILES string of the molecule is CC/C=C\C/C=C\C/C=C\C/C=C\C/C=C\C/C=C\C/C=C\C/C=C\C/C=C\C/C=C\CCCCCCC(=O)OCC(COC(=O)CCCCCCCCCC)OC(=O)CCCCCCCCCCCC. The number of hydrogen-bond acceptors (Lipinski definition) is 6. The van der Waals surface area contributed by atoms with Crippen molar-refractivity contribution in [3.05, 3.63) is 122 Å². The summed E-state index contributed by atoms with van der Waals surface area (Å²) in [5.74, 6) is -0.920. The smallest absolute Gasteiger partial charge is 0.306 e. The van der Waals surface area contributed by atoms with E-state index in [1.54, 1.807) is 0 Å². The van der Waals surface area contributed by atoms with Gasteiger partial charge in [-0.05, 0) is 96.3 Å². The van der Waals surface area contributed by atoms with Gasteiger partial charge in [-0.3, -0.25) is 14.4 Å². The van der Waals surface area contributed by atoms with Crippen LogP contribution in [0.15, 0.2) is 122 Å². The highest BCUT2D eigenvalue weighted by atomic mass is 16.6. The van der Waals surface area contributed by atoms with Crippen LogP contribution in [0, 0.1) is 0 Å². The number of rotatable bonds is 51. The lowest BCUT2D eigenvalue weighted by atomic mass is 10.1. The molecule has 0 saturated carbocycles. The van der Waals surface area contributed by atoms with Gasteiger partial charge in [0.05, 0.1) is 0 Å². The molecule has 0 amide bonds. The van der Waals surface area contributed by atoms with Gasteiger partial charge in [0.2, 0.25) is 0 Å². The van der Waals surface area contributed by atoms with Crippen LogP contribution >= 0.6 is 0 Å². The Bertz CT molecular complexity index is 1500. The van der Waals surface area contributed by atoms with Gasteiger partial charge in [-0.25, -0.2) is 0 Å². The second kappa shape index (κ2) is 58.4. The molecule has 0 aliphatic heterocycles. The maximum Gasteiger partial charge on any atom is 0.306 e. The Morgan fingerprint density at radius 1 is 0.296 bits per heavy atom. The van der Waals surface area contributed by atoms with Crippen LogP contribution in [-0.4, -0.2) is 37.2 Å². The lowest BCUT2D eigenvalue weighted by Gasteiger charge is -2.18. The highest BCUT2D eigenvalue weighted by molar-refractivity contribution is 5.71. The van der Waals surface area contributed by atoms with Crippen molar-refractivity contribution in [2.45, 2.75) is 258 Å². The molecular weight excluding hydrogens is 877 g/mol. The van der Waals surface area contributed by atoms with Crippen molar-refractivity contribution in [1.29, 1.82) is 0 Å². The Balaban J connectivity index is 4.16. The van der Waals surface area contributed by atoms with Gasteiger partial charge in [0.15, 0.2) is 6.10 Å². The minimum atomic E-state index is -0.784. The molecule has 0 aliphatic carbocycles. The molecule has 402 valence electrons. The van der Waals surface area contributed by atoms with Gasteiger partial charge in [-0.15, -0.1) is 0 Å². The molecule has 0 aromatic carbocycles. The van der Waals surface area contributed by atoms with Crippen LogP contribution in [0.4, 0.5) is 0 Å². The van der Waals surface area contributed by atoms with Crippen molar-refractivity contribution in [3.63, 3.8) is 0 Å². The summed E-state index contributed by atoms with van der Waals surface area (Å²) in [6, 6.07) is 0. The minimum absolute atomic E-state index is 0.0849. The first kappa shape index (κ1) is 66.8. The predicted octanol–water partition coefficient (Wildman–Crippen LogP) is 19.6. The molecule has 6 nitrogen and oxygen atoms in total. The summed E-state index contributed by atoms with van der Waals surface area (Å²) >= 11 is 0. The zero-order valence-electron chi connectivity index (χ0n) is 45.9. The minimum Gasteiger partial charge on any atom is -0.462 e. The van der Waals surface area contributed by atoms with Crippen molar-refractivity contribution in [2.24, 2.45) is 0 Å². The van der Waals surface area contributed by atoms with Crippen LogP contribution in [0.5, 0.6) is 0 Å². The molecule has 0 aliphatic rings. The third-order valence-corrected chi connectivity index (χ3v) is 12.0. The van der Waals surface area contributed by atoms with E-state index in [-0.39, 0.29) is 31.1 Å². The molecule has 0 fully saturated rings. The second-order valence-electron chi connectivity index (χ2n) is 18.8. The molecule has 0 saturated heterocycles. The molecule has 0 aromatic heterocycles. The molecule has 0 bridgehead atoms. The molecule has 0 heterocycles. The average Bonchev–Trinajstić information content (AvgIpc) is 3.37. The monoisotopic (exact) mass is 983 g/mol. The van der Waals surface area contributed by atoms with E-state index in [4.69, 9.17) is 14.2 Å². The molecular formula is C65H106O6. The zero-order chi connectivity index (χ0) is 51.4. The van der Waals surface area contributed by atoms with Crippen LogP contribution < -0.4 is 0 Å². The number of carbonyl (C=O) groups is 3. The normalized spacial score (nSPS) is 13.0. The van der Waals surface area contributed by atoms with Gasteiger partial charge >= 0.3 is 17.9 Å². The largest absolute Gasteiger partial charge is 0.462 e. The first-order valence-electron chi connectivity index (χ1n) is 29.0. The van der Waals surface area contributed by atoms with E-state index in [1.165, 1.54) is 77.0 Å².